The smallest absolute Gasteiger partial charge is 0.228 e. The first-order valence-electron chi connectivity index (χ1n) is 8.22. The summed E-state index contributed by atoms with van der Waals surface area (Å²) in [6, 6.07) is 8.25. The lowest BCUT2D eigenvalue weighted by molar-refractivity contribution is -0.136. The fourth-order valence-corrected chi connectivity index (χ4v) is 3.68. The maximum Gasteiger partial charge on any atom is 0.228 e. The minimum Gasteiger partial charge on any atom is -0.342 e. The van der Waals surface area contributed by atoms with E-state index in [0.717, 1.165) is 5.69 Å². The van der Waals surface area contributed by atoms with Crippen molar-refractivity contribution in [1.29, 1.82) is 0 Å². The van der Waals surface area contributed by atoms with Crippen molar-refractivity contribution in [3.8, 4) is 0 Å². The van der Waals surface area contributed by atoms with Gasteiger partial charge in [-0.1, -0.05) is 0 Å². The minimum atomic E-state index is -0.214. The molecule has 0 spiro atoms. The van der Waals surface area contributed by atoms with Gasteiger partial charge in [-0.05, 0) is 56.2 Å². The number of rotatable bonds is 5. The molecule has 1 aromatic carbocycles. The van der Waals surface area contributed by atoms with Gasteiger partial charge in [0.15, 0.2) is 0 Å². The molecule has 1 aromatic rings. The Hall–Kier alpha value is -1.49. The molecule has 0 bridgehead atoms. The van der Waals surface area contributed by atoms with Crippen LogP contribution in [0, 0.1) is 11.8 Å². The first kappa shape index (κ1) is 16.4. The van der Waals surface area contributed by atoms with E-state index < -0.39 is 0 Å². The second kappa shape index (κ2) is 6.56. The Morgan fingerprint density at radius 3 is 2.52 bits per heavy atom. The lowest BCUT2D eigenvalue weighted by atomic mass is 10.1. The summed E-state index contributed by atoms with van der Waals surface area (Å²) in [5.74, 6) is 0.596. The highest BCUT2D eigenvalue weighted by Crippen LogP contribution is 2.36. The van der Waals surface area contributed by atoms with Crippen LogP contribution in [0.25, 0.3) is 0 Å². The Balaban J connectivity index is 1.67. The summed E-state index contributed by atoms with van der Waals surface area (Å²) in [4.78, 5) is 29.8. The second-order valence-electron chi connectivity index (χ2n) is 6.63. The quantitative estimate of drug-likeness (QED) is 0.778. The summed E-state index contributed by atoms with van der Waals surface area (Å²) in [5, 5.41) is 0. The molecule has 2 unspecified atom stereocenters. The van der Waals surface area contributed by atoms with E-state index in [2.05, 4.69) is 6.92 Å². The Kier molecular flexibility index (Phi) is 4.67. The largest absolute Gasteiger partial charge is 0.342 e. The molecule has 1 saturated carbocycles. The monoisotopic (exact) mass is 332 g/mol. The van der Waals surface area contributed by atoms with E-state index in [9.17, 15) is 9.59 Å². The van der Waals surface area contributed by atoms with Crippen LogP contribution in [0.4, 0.5) is 5.69 Å². The molecule has 2 atom stereocenters. The van der Waals surface area contributed by atoms with E-state index in [4.69, 9.17) is 0 Å². The van der Waals surface area contributed by atoms with Gasteiger partial charge in [-0.3, -0.25) is 9.59 Å². The third-order valence-corrected chi connectivity index (χ3v) is 5.86. The molecule has 23 heavy (non-hydrogen) atoms. The molecule has 1 heterocycles. The number of anilines is 1. The van der Waals surface area contributed by atoms with Crippen LogP contribution in [0.5, 0.6) is 0 Å². The molecule has 1 saturated heterocycles. The predicted octanol–water partition coefficient (Wildman–Crippen LogP) is 3.02. The maximum atomic E-state index is 12.7. The van der Waals surface area contributed by atoms with Gasteiger partial charge in [-0.25, -0.2) is 0 Å². The molecule has 0 N–H and O–H groups in total. The minimum absolute atomic E-state index is 0.0488. The molecule has 3 rings (SSSR count). The third kappa shape index (κ3) is 3.39. The molecule has 1 aliphatic heterocycles. The molecule has 0 aromatic heterocycles. The SMILES string of the molecule is CSc1ccc(N2CC(C(=O)N(C)C(C)C3CC3)CC2=O)cc1. The average molecular weight is 332 g/mol. The second-order valence-corrected chi connectivity index (χ2v) is 7.51. The van der Waals surface area contributed by atoms with E-state index in [1.54, 1.807) is 16.7 Å². The van der Waals surface area contributed by atoms with Crippen LogP contribution in [0.3, 0.4) is 0 Å². The highest BCUT2D eigenvalue weighted by atomic mass is 32.2. The number of hydrogen-bond donors (Lipinski definition) is 0. The molecule has 5 heteroatoms. The van der Waals surface area contributed by atoms with E-state index >= 15 is 0 Å². The van der Waals surface area contributed by atoms with Gasteiger partial charge in [0.05, 0.1) is 5.92 Å². The van der Waals surface area contributed by atoms with E-state index in [-0.39, 0.29) is 23.8 Å². The standard InChI is InChI=1S/C18H24N2O2S/c1-12(13-4-5-13)19(2)18(22)14-10-17(21)20(11-14)15-6-8-16(23-3)9-7-15/h6-9,12-14H,4-5,10-11H2,1-3H3. The fourth-order valence-electron chi connectivity index (χ4n) is 3.27. The highest BCUT2D eigenvalue weighted by Gasteiger charge is 2.39. The predicted molar refractivity (Wildman–Crippen MR) is 93.6 cm³/mol. The molecule has 4 nitrogen and oxygen atoms in total. The van der Waals surface area contributed by atoms with Gasteiger partial charge in [0.1, 0.15) is 0 Å². The summed E-state index contributed by atoms with van der Waals surface area (Å²) in [6.45, 7) is 2.61. The summed E-state index contributed by atoms with van der Waals surface area (Å²) in [5.41, 5.74) is 0.890. The van der Waals surface area contributed by atoms with Crippen LogP contribution in [-0.4, -0.2) is 42.6 Å². The fraction of sp³-hybridized carbons (Fsp3) is 0.556. The maximum absolute atomic E-state index is 12.7. The Morgan fingerprint density at radius 1 is 1.30 bits per heavy atom. The molecule has 124 valence electrons. The number of thioether (sulfide) groups is 1. The Bertz CT molecular complexity index is 598. The number of hydrogen-bond acceptors (Lipinski definition) is 3. The van der Waals surface area contributed by atoms with Crippen LogP contribution in [-0.2, 0) is 9.59 Å². The van der Waals surface area contributed by atoms with Crippen LogP contribution < -0.4 is 4.90 Å². The van der Waals surface area contributed by atoms with Crippen LogP contribution >= 0.6 is 11.8 Å². The summed E-state index contributed by atoms with van der Waals surface area (Å²) < 4.78 is 0. The first-order chi connectivity index (χ1) is 11.0. The Morgan fingerprint density at radius 2 is 1.96 bits per heavy atom. The van der Waals surface area contributed by atoms with Crippen molar-refractivity contribution in [2.24, 2.45) is 11.8 Å². The molecular formula is C18H24N2O2S. The number of carbonyl (C=O) groups is 2. The van der Waals surface area contributed by atoms with Gasteiger partial charge in [0, 0.05) is 36.6 Å². The molecule has 2 amide bonds. The zero-order chi connectivity index (χ0) is 16.6. The van der Waals surface area contributed by atoms with Crippen molar-refractivity contribution >= 4 is 29.3 Å². The van der Waals surface area contributed by atoms with Crippen molar-refractivity contribution in [3.05, 3.63) is 24.3 Å². The third-order valence-electron chi connectivity index (χ3n) is 5.12. The molecule has 1 aliphatic carbocycles. The van der Waals surface area contributed by atoms with E-state index in [1.807, 2.05) is 42.5 Å². The van der Waals surface area contributed by atoms with Crippen molar-refractivity contribution in [3.63, 3.8) is 0 Å². The van der Waals surface area contributed by atoms with E-state index in [1.165, 1.54) is 17.7 Å². The van der Waals surface area contributed by atoms with Gasteiger partial charge in [0.25, 0.3) is 0 Å². The van der Waals surface area contributed by atoms with Crippen LogP contribution in [0.15, 0.2) is 29.2 Å². The highest BCUT2D eigenvalue weighted by molar-refractivity contribution is 7.98. The molecule has 0 radical (unpaired) electrons. The lowest BCUT2D eigenvalue weighted by Gasteiger charge is -2.27. The van der Waals surface area contributed by atoms with Crippen molar-refractivity contribution in [2.75, 3.05) is 24.7 Å². The van der Waals surface area contributed by atoms with Crippen molar-refractivity contribution in [2.45, 2.75) is 37.1 Å². The van der Waals surface area contributed by atoms with Crippen molar-refractivity contribution < 1.29 is 9.59 Å². The lowest BCUT2D eigenvalue weighted by Crippen LogP contribution is -2.41. The number of benzene rings is 1. The summed E-state index contributed by atoms with van der Waals surface area (Å²) >= 11 is 1.68. The van der Waals surface area contributed by atoms with Gasteiger partial charge < -0.3 is 9.80 Å². The average Bonchev–Trinajstić information content (AvgIpc) is 3.35. The van der Waals surface area contributed by atoms with Gasteiger partial charge in [-0.15, -0.1) is 11.8 Å². The number of amides is 2. The topological polar surface area (TPSA) is 40.6 Å². The normalized spacial score (nSPS) is 22.3. The number of carbonyl (C=O) groups excluding carboxylic acids is 2. The molecular weight excluding hydrogens is 308 g/mol. The van der Waals surface area contributed by atoms with E-state index in [0.29, 0.717) is 18.9 Å². The summed E-state index contributed by atoms with van der Waals surface area (Å²) in [7, 11) is 1.88. The van der Waals surface area contributed by atoms with Crippen LogP contribution in [0.1, 0.15) is 26.2 Å². The van der Waals surface area contributed by atoms with Gasteiger partial charge >= 0.3 is 0 Å². The zero-order valence-electron chi connectivity index (χ0n) is 14.0. The van der Waals surface area contributed by atoms with Crippen LogP contribution in [0.2, 0.25) is 0 Å². The van der Waals surface area contributed by atoms with Gasteiger partial charge in [-0.2, -0.15) is 0 Å². The zero-order valence-corrected chi connectivity index (χ0v) is 14.8. The molecule has 2 aliphatic rings. The van der Waals surface area contributed by atoms with Gasteiger partial charge in [0.2, 0.25) is 11.8 Å². The summed E-state index contributed by atoms with van der Waals surface area (Å²) in [6.07, 6.45) is 4.79. The van der Waals surface area contributed by atoms with Crippen molar-refractivity contribution in [1.82, 2.24) is 4.90 Å². The Labute approximate surface area is 142 Å². The number of nitrogens with zero attached hydrogens (tertiary/aromatic N) is 2. The first-order valence-corrected chi connectivity index (χ1v) is 9.45. The molecule has 2 fully saturated rings.